The molecule has 5 nitrogen and oxygen atoms in total. The molecule has 22 heavy (non-hydrogen) atoms. The number of aryl methyl sites for hydroxylation is 1. The number of thiazole rings is 1. The van der Waals surface area contributed by atoms with Crippen molar-refractivity contribution >= 4 is 17.4 Å². The van der Waals surface area contributed by atoms with Gasteiger partial charge in [0.25, 0.3) is 0 Å². The Hall–Kier alpha value is -1.14. The van der Waals surface area contributed by atoms with Crippen molar-refractivity contribution in [3.05, 3.63) is 16.1 Å². The second-order valence-corrected chi connectivity index (χ2v) is 7.91. The number of nitrogens with zero attached hydrogens (tertiary/aromatic N) is 1. The van der Waals surface area contributed by atoms with Crippen molar-refractivity contribution < 1.29 is 9.90 Å². The number of hydrogen-bond donors (Lipinski definition) is 3. The molecule has 2 amide bonds. The summed E-state index contributed by atoms with van der Waals surface area (Å²) in [6.45, 7) is 4.15. The molecule has 0 radical (unpaired) electrons. The van der Waals surface area contributed by atoms with Gasteiger partial charge in [-0.3, -0.25) is 0 Å². The fourth-order valence-corrected chi connectivity index (χ4v) is 4.27. The standard InChI is InChI=1S/C16H25N3O2S/c1-10-8-22-14(17-10)13(11-5-6-11)19-15(21)18-12-4-3-7-16(12,2)9-20/h8,11-13,20H,3-7,9H2,1-2H3,(H2,18,19,21). The van der Waals surface area contributed by atoms with Crippen LogP contribution in [0.4, 0.5) is 4.79 Å². The van der Waals surface area contributed by atoms with Crippen LogP contribution in [0, 0.1) is 18.3 Å². The van der Waals surface area contributed by atoms with Crippen LogP contribution in [0.15, 0.2) is 5.38 Å². The molecular weight excluding hydrogens is 298 g/mol. The highest BCUT2D eigenvalue weighted by atomic mass is 32.1. The highest BCUT2D eigenvalue weighted by molar-refractivity contribution is 7.09. The topological polar surface area (TPSA) is 74.2 Å². The molecule has 2 aliphatic rings. The third-order valence-electron chi connectivity index (χ3n) is 5.03. The minimum absolute atomic E-state index is 0.0282. The quantitative estimate of drug-likeness (QED) is 0.780. The molecule has 2 aliphatic carbocycles. The highest BCUT2D eigenvalue weighted by Crippen LogP contribution is 2.42. The van der Waals surface area contributed by atoms with Gasteiger partial charge >= 0.3 is 6.03 Å². The van der Waals surface area contributed by atoms with Crippen LogP contribution < -0.4 is 10.6 Å². The maximum atomic E-state index is 12.4. The van der Waals surface area contributed by atoms with E-state index in [2.05, 4.69) is 15.6 Å². The first-order valence-corrected chi connectivity index (χ1v) is 9.00. The first-order chi connectivity index (χ1) is 10.5. The Morgan fingerprint density at radius 3 is 2.91 bits per heavy atom. The van der Waals surface area contributed by atoms with Crippen LogP contribution in [0.25, 0.3) is 0 Å². The number of aliphatic hydroxyl groups is 1. The van der Waals surface area contributed by atoms with Gasteiger partial charge in [-0.1, -0.05) is 13.3 Å². The van der Waals surface area contributed by atoms with E-state index in [4.69, 9.17) is 0 Å². The number of carbonyl (C=O) groups excluding carboxylic acids is 1. The first-order valence-electron chi connectivity index (χ1n) is 8.12. The van der Waals surface area contributed by atoms with E-state index in [1.165, 1.54) is 0 Å². The minimum atomic E-state index is -0.190. The molecule has 2 saturated carbocycles. The van der Waals surface area contributed by atoms with Gasteiger partial charge in [0.2, 0.25) is 0 Å². The molecule has 6 heteroatoms. The van der Waals surface area contributed by atoms with Gasteiger partial charge in [0.1, 0.15) is 5.01 Å². The van der Waals surface area contributed by atoms with Crippen LogP contribution in [-0.4, -0.2) is 28.8 Å². The van der Waals surface area contributed by atoms with Crippen molar-refractivity contribution in [1.82, 2.24) is 15.6 Å². The number of nitrogens with one attached hydrogen (secondary N) is 2. The molecule has 1 aromatic heterocycles. The fourth-order valence-electron chi connectivity index (χ4n) is 3.34. The first kappa shape index (κ1) is 15.7. The highest BCUT2D eigenvalue weighted by Gasteiger charge is 2.40. The number of hydrogen-bond acceptors (Lipinski definition) is 4. The second kappa shape index (κ2) is 6.16. The van der Waals surface area contributed by atoms with Crippen LogP contribution in [0.1, 0.15) is 55.8 Å². The Morgan fingerprint density at radius 1 is 1.55 bits per heavy atom. The van der Waals surface area contributed by atoms with Crippen molar-refractivity contribution in [2.24, 2.45) is 11.3 Å². The Kier molecular flexibility index (Phi) is 4.41. The Balaban J connectivity index is 1.62. The van der Waals surface area contributed by atoms with Crippen molar-refractivity contribution in [3.63, 3.8) is 0 Å². The maximum Gasteiger partial charge on any atom is 0.315 e. The zero-order valence-corrected chi connectivity index (χ0v) is 14.1. The van der Waals surface area contributed by atoms with Crippen LogP contribution in [0.3, 0.4) is 0 Å². The summed E-state index contributed by atoms with van der Waals surface area (Å²) in [6.07, 6.45) is 5.27. The van der Waals surface area contributed by atoms with Gasteiger partial charge in [-0.2, -0.15) is 0 Å². The van der Waals surface area contributed by atoms with Gasteiger partial charge in [0.05, 0.1) is 12.6 Å². The lowest BCUT2D eigenvalue weighted by Gasteiger charge is -2.30. The summed E-state index contributed by atoms with van der Waals surface area (Å²) in [4.78, 5) is 16.9. The molecule has 3 N–H and O–H groups in total. The lowest BCUT2D eigenvalue weighted by atomic mass is 9.86. The van der Waals surface area contributed by atoms with Gasteiger partial charge in [-0.05, 0) is 38.5 Å². The van der Waals surface area contributed by atoms with E-state index in [9.17, 15) is 9.90 Å². The average Bonchev–Trinajstić information content (AvgIpc) is 3.15. The van der Waals surface area contributed by atoms with E-state index in [1.807, 2.05) is 19.2 Å². The average molecular weight is 323 g/mol. The molecule has 2 fully saturated rings. The van der Waals surface area contributed by atoms with E-state index in [0.717, 1.165) is 42.8 Å². The van der Waals surface area contributed by atoms with Crippen LogP contribution >= 0.6 is 11.3 Å². The summed E-state index contributed by atoms with van der Waals surface area (Å²) in [5.41, 5.74) is 0.820. The molecule has 3 atom stereocenters. The molecule has 1 aromatic rings. The van der Waals surface area contributed by atoms with E-state index < -0.39 is 0 Å². The van der Waals surface area contributed by atoms with Gasteiger partial charge in [-0.25, -0.2) is 9.78 Å². The normalized spacial score (nSPS) is 29.3. The predicted octanol–water partition coefficient (Wildman–Crippen LogP) is 2.75. The van der Waals surface area contributed by atoms with E-state index >= 15 is 0 Å². The Morgan fingerprint density at radius 2 is 2.32 bits per heavy atom. The Bertz CT molecular complexity index is 543. The number of carbonyl (C=O) groups is 1. The number of aliphatic hydroxyl groups excluding tert-OH is 1. The van der Waals surface area contributed by atoms with E-state index in [0.29, 0.717) is 5.92 Å². The molecular formula is C16H25N3O2S. The van der Waals surface area contributed by atoms with Crippen LogP contribution in [-0.2, 0) is 0 Å². The zero-order chi connectivity index (χ0) is 15.7. The van der Waals surface area contributed by atoms with Crippen molar-refractivity contribution in [3.8, 4) is 0 Å². The van der Waals surface area contributed by atoms with Gasteiger partial charge < -0.3 is 15.7 Å². The van der Waals surface area contributed by atoms with Crippen LogP contribution in [0.2, 0.25) is 0 Å². The summed E-state index contributed by atoms with van der Waals surface area (Å²) in [5.74, 6) is 0.518. The third-order valence-corrected chi connectivity index (χ3v) is 6.08. The molecule has 3 unspecified atom stereocenters. The van der Waals surface area contributed by atoms with Gasteiger partial charge in [0.15, 0.2) is 0 Å². The van der Waals surface area contributed by atoms with Crippen molar-refractivity contribution in [1.29, 1.82) is 0 Å². The molecule has 0 bridgehead atoms. The van der Waals surface area contributed by atoms with Crippen molar-refractivity contribution in [2.75, 3.05) is 6.61 Å². The SMILES string of the molecule is Cc1csc(C(NC(=O)NC2CCCC2(C)CO)C2CC2)n1. The maximum absolute atomic E-state index is 12.4. The lowest BCUT2D eigenvalue weighted by molar-refractivity contribution is 0.120. The summed E-state index contributed by atoms with van der Waals surface area (Å²) in [7, 11) is 0. The molecule has 0 aliphatic heterocycles. The summed E-state index contributed by atoms with van der Waals surface area (Å²) < 4.78 is 0. The molecule has 122 valence electrons. The Labute approximate surface area is 135 Å². The molecule has 0 spiro atoms. The monoisotopic (exact) mass is 323 g/mol. The number of aromatic nitrogens is 1. The molecule has 0 aromatic carbocycles. The fraction of sp³-hybridized carbons (Fsp3) is 0.750. The number of rotatable bonds is 5. The van der Waals surface area contributed by atoms with Crippen molar-refractivity contribution in [2.45, 2.75) is 58.0 Å². The molecule has 1 heterocycles. The molecule has 3 rings (SSSR count). The molecule has 0 saturated heterocycles. The summed E-state index contributed by atoms with van der Waals surface area (Å²) in [5, 5.41) is 18.8. The smallest absolute Gasteiger partial charge is 0.315 e. The number of urea groups is 1. The van der Waals surface area contributed by atoms with E-state index in [1.54, 1.807) is 11.3 Å². The summed E-state index contributed by atoms with van der Waals surface area (Å²) >= 11 is 1.62. The summed E-state index contributed by atoms with van der Waals surface area (Å²) in [6, 6.07) is -0.0489. The van der Waals surface area contributed by atoms with Gasteiger partial charge in [-0.15, -0.1) is 11.3 Å². The third kappa shape index (κ3) is 3.27. The second-order valence-electron chi connectivity index (χ2n) is 7.02. The predicted molar refractivity (Wildman–Crippen MR) is 86.8 cm³/mol. The zero-order valence-electron chi connectivity index (χ0n) is 13.3. The lowest BCUT2D eigenvalue weighted by Crippen LogP contribution is -2.49. The van der Waals surface area contributed by atoms with Gasteiger partial charge in [0, 0.05) is 22.5 Å². The van der Waals surface area contributed by atoms with Crippen LogP contribution in [0.5, 0.6) is 0 Å². The largest absolute Gasteiger partial charge is 0.396 e. The van der Waals surface area contributed by atoms with E-state index in [-0.39, 0.29) is 30.1 Å². The number of amides is 2. The minimum Gasteiger partial charge on any atom is -0.396 e.